The van der Waals surface area contributed by atoms with E-state index in [1.165, 1.54) is 5.69 Å². The van der Waals surface area contributed by atoms with E-state index < -0.39 is 0 Å². The fraction of sp³-hybridized carbons (Fsp3) is 0.300. The van der Waals surface area contributed by atoms with Gasteiger partial charge in [-0.15, -0.1) is 0 Å². The number of anilines is 1. The zero-order chi connectivity index (χ0) is 18.4. The summed E-state index contributed by atoms with van der Waals surface area (Å²) < 4.78 is 0. The van der Waals surface area contributed by atoms with Crippen LogP contribution in [0.1, 0.15) is 6.92 Å². The Kier molecular flexibility index (Phi) is 4.02. The molecule has 5 rings (SSSR count). The van der Waals surface area contributed by atoms with E-state index >= 15 is 0 Å². The predicted octanol–water partition coefficient (Wildman–Crippen LogP) is 3.90. The number of rotatable bonds is 3. The van der Waals surface area contributed by atoms with Gasteiger partial charge in [-0.3, -0.25) is 5.10 Å². The summed E-state index contributed by atoms with van der Waals surface area (Å²) in [6.07, 6.45) is 0. The van der Waals surface area contributed by atoms with E-state index in [2.05, 4.69) is 50.1 Å². The number of aromatic amines is 2. The molecule has 1 fully saturated rings. The first kappa shape index (κ1) is 16.6. The SMILES string of the molecule is CCN1CCN(c2ccc3nc(-c4n[nH]c5ccc(Cl)cc45)[nH]c3c2)CC1. The lowest BCUT2D eigenvalue weighted by atomic mass is 10.2. The van der Waals surface area contributed by atoms with E-state index in [0.29, 0.717) is 5.02 Å². The van der Waals surface area contributed by atoms with Gasteiger partial charge < -0.3 is 14.8 Å². The van der Waals surface area contributed by atoms with Crippen molar-refractivity contribution in [2.24, 2.45) is 0 Å². The second-order valence-electron chi connectivity index (χ2n) is 6.97. The largest absolute Gasteiger partial charge is 0.369 e. The number of hydrogen-bond donors (Lipinski definition) is 2. The molecule has 27 heavy (non-hydrogen) atoms. The van der Waals surface area contributed by atoms with Crippen LogP contribution < -0.4 is 4.90 Å². The van der Waals surface area contributed by atoms with Crippen molar-refractivity contribution in [1.82, 2.24) is 25.1 Å². The summed E-state index contributed by atoms with van der Waals surface area (Å²) in [5, 5.41) is 9.15. The molecule has 7 heteroatoms. The molecule has 1 aliphatic heterocycles. The average Bonchev–Trinajstić information content (AvgIpc) is 3.30. The van der Waals surface area contributed by atoms with Crippen molar-refractivity contribution in [3.63, 3.8) is 0 Å². The molecule has 0 saturated carbocycles. The van der Waals surface area contributed by atoms with Crippen molar-refractivity contribution in [1.29, 1.82) is 0 Å². The summed E-state index contributed by atoms with van der Waals surface area (Å²) >= 11 is 6.16. The highest BCUT2D eigenvalue weighted by Gasteiger charge is 2.17. The fourth-order valence-corrected chi connectivity index (χ4v) is 3.97. The Morgan fingerprint density at radius 1 is 1.04 bits per heavy atom. The van der Waals surface area contributed by atoms with Gasteiger partial charge in [0.25, 0.3) is 0 Å². The highest BCUT2D eigenvalue weighted by Crippen LogP contribution is 2.29. The van der Waals surface area contributed by atoms with Crippen molar-refractivity contribution in [2.45, 2.75) is 6.92 Å². The van der Waals surface area contributed by atoms with Gasteiger partial charge in [-0.05, 0) is 42.9 Å². The van der Waals surface area contributed by atoms with Crippen molar-refractivity contribution in [3.05, 3.63) is 41.4 Å². The van der Waals surface area contributed by atoms with Gasteiger partial charge in [-0.1, -0.05) is 18.5 Å². The lowest BCUT2D eigenvalue weighted by Crippen LogP contribution is -2.46. The van der Waals surface area contributed by atoms with Crippen LogP contribution in [0.2, 0.25) is 5.02 Å². The Hall–Kier alpha value is -2.57. The van der Waals surface area contributed by atoms with E-state index in [0.717, 1.165) is 66.2 Å². The van der Waals surface area contributed by atoms with Crippen molar-refractivity contribution >= 4 is 39.2 Å². The monoisotopic (exact) mass is 380 g/mol. The third-order valence-electron chi connectivity index (χ3n) is 5.40. The van der Waals surface area contributed by atoms with E-state index in [4.69, 9.17) is 16.6 Å². The van der Waals surface area contributed by atoms with E-state index in [9.17, 15) is 0 Å². The van der Waals surface area contributed by atoms with Crippen molar-refractivity contribution in [2.75, 3.05) is 37.6 Å². The maximum atomic E-state index is 6.16. The summed E-state index contributed by atoms with van der Waals surface area (Å²) in [6.45, 7) is 7.69. The molecule has 2 aromatic carbocycles. The predicted molar refractivity (Wildman–Crippen MR) is 111 cm³/mol. The Labute approximate surface area is 162 Å². The van der Waals surface area contributed by atoms with Crippen molar-refractivity contribution in [3.8, 4) is 11.5 Å². The Balaban J connectivity index is 1.49. The number of benzene rings is 2. The van der Waals surface area contributed by atoms with Crippen LogP contribution in [0.3, 0.4) is 0 Å². The molecule has 2 aromatic heterocycles. The summed E-state index contributed by atoms with van der Waals surface area (Å²) in [7, 11) is 0. The minimum absolute atomic E-state index is 0.690. The molecule has 0 aliphatic carbocycles. The molecule has 4 aromatic rings. The molecule has 0 atom stereocenters. The third-order valence-corrected chi connectivity index (χ3v) is 5.63. The summed E-state index contributed by atoms with van der Waals surface area (Å²) in [6, 6.07) is 12.1. The molecular weight excluding hydrogens is 360 g/mol. The normalized spacial score (nSPS) is 15.9. The van der Waals surface area contributed by atoms with Crippen LogP contribution >= 0.6 is 11.6 Å². The van der Waals surface area contributed by atoms with E-state index in [1.807, 2.05) is 18.2 Å². The molecule has 0 amide bonds. The van der Waals surface area contributed by atoms with Gasteiger partial charge in [0.1, 0.15) is 5.69 Å². The molecular formula is C20H21ClN6. The number of fused-ring (bicyclic) bond motifs is 2. The summed E-state index contributed by atoms with van der Waals surface area (Å²) in [4.78, 5) is 13.1. The molecule has 1 saturated heterocycles. The van der Waals surface area contributed by atoms with Crippen LogP contribution in [0.4, 0.5) is 5.69 Å². The molecule has 138 valence electrons. The molecule has 0 bridgehead atoms. The summed E-state index contributed by atoms with van der Waals surface area (Å²) in [5.41, 5.74) is 4.95. The van der Waals surface area contributed by atoms with Gasteiger partial charge in [0.15, 0.2) is 5.82 Å². The number of hydrogen-bond acceptors (Lipinski definition) is 4. The van der Waals surface area contributed by atoms with Crippen molar-refractivity contribution < 1.29 is 0 Å². The van der Waals surface area contributed by atoms with Gasteiger partial charge in [0.2, 0.25) is 0 Å². The second kappa shape index (κ2) is 6.55. The Bertz CT molecular complexity index is 1110. The number of halogens is 1. The van der Waals surface area contributed by atoms with Gasteiger partial charge in [0.05, 0.1) is 16.6 Å². The van der Waals surface area contributed by atoms with Crippen LogP contribution in [0, 0.1) is 0 Å². The fourth-order valence-electron chi connectivity index (χ4n) is 3.80. The Morgan fingerprint density at radius 2 is 1.89 bits per heavy atom. The maximum absolute atomic E-state index is 6.16. The zero-order valence-electron chi connectivity index (χ0n) is 15.2. The van der Waals surface area contributed by atoms with Gasteiger partial charge in [-0.2, -0.15) is 5.10 Å². The molecule has 1 aliphatic rings. The van der Waals surface area contributed by atoms with Crippen LogP contribution in [-0.2, 0) is 0 Å². The first-order valence-electron chi connectivity index (χ1n) is 9.32. The number of H-pyrrole nitrogens is 2. The third kappa shape index (κ3) is 2.95. The molecule has 0 radical (unpaired) electrons. The number of nitrogens with one attached hydrogen (secondary N) is 2. The van der Waals surface area contributed by atoms with E-state index in [-0.39, 0.29) is 0 Å². The van der Waals surface area contributed by atoms with Gasteiger partial charge >= 0.3 is 0 Å². The highest BCUT2D eigenvalue weighted by molar-refractivity contribution is 6.31. The van der Waals surface area contributed by atoms with Gasteiger partial charge in [0, 0.05) is 42.3 Å². The topological polar surface area (TPSA) is 63.8 Å². The first-order valence-corrected chi connectivity index (χ1v) is 9.70. The number of aromatic nitrogens is 4. The number of piperazine rings is 1. The molecule has 0 spiro atoms. The number of imidazole rings is 1. The minimum atomic E-state index is 0.690. The van der Waals surface area contributed by atoms with E-state index in [1.54, 1.807) is 0 Å². The smallest absolute Gasteiger partial charge is 0.159 e. The molecule has 6 nitrogen and oxygen atoms in total. The zero-order valence-corrected chi connectivity index (χ0v) is 15.9. The van der Waals surface area contributed by atoms with Crippen LogP contribution in [0.5, 0.6) is 0 Å². The van der Waals surface area contributed by atoms with Crippen LogP contribution in [-0.4, -0.2) is 57.8 Å². The Morgan fingerprint density at radius 3 is 2.70 bits per heavy atom. The maximum Gasteiger partial charge on any atom is 0.159 e. The molecule has 3 heterocycles. The quantitative estimate of drug-likeness (QED) is 0.565. The lowest BCUT2D eigenvalue weighted by Gasteiger charge is -2.35. The second-order valence-corrected chi connectivity index (χ2v) is 7.41. The minimum Gasteiger partial charge on any atom is -0.369 e. The van der Waals surface area contributed by atoms with Gasteiger partial charge in [-0.25, -0.2) is 4.98 Å². The first-order chi connectivity index (χ1) is 13.2. The lowest BCUT2D eigenvalue weighted by molar-refractivity contribution is 0.271. The summed E-state index contributed by atoms with van der Waals surface area (Å²) in [5.74, 6) is 0.756. The highest BCUT2D eigenvalue weighted by atomic mass is 35.5. The molecule has 2 N–H and O–H groups in total. The van der Waals surface area contributed by atoms with Crippen LogP contribution in [0.15, 0.2) is 36.4 Å². The molecule has 0 unspecified atom stereocenters. The number of nitrogens with zero attached hydrogens (tertiary/aromatic N) is 4. The standard InChI is InChI=1S/C20H21ClN6/c1-2-26-7-9-27(10-8-26)14-4-6-17-18(12-14)23-20(22-17)19-15-11-13(21)3-5-16(15)24-25-19/h3-6,11-12H,2,7-10H2,1H3,(H,22,23)(H,24,25). The van der Waals surface area contributed by atoms with Crippen LogP contribution in [0.25, 0.3) is 33.5 Å². The average molecular weight is 381 g/mol. The number of likely N-dealkylation sites (N-methyl/N-ethyl adjacent to an activating group) is 1.